The molecule has 7 heteroatoms. The van der Waals surface area contributed by atoms with Crippen LogP contribution in [0.3, 0.4) is 0 Å². The molecule has 0 fully saturated rings. The Labute approximate surface area is 128 Å². The monoisotopic (exact) mass is 313 g/mol. The Balaban J connectivity index is 5.22. The van der Waals surface area contributed by atoms with Gasteiger partial charge >= 0.3 is 8.80 Å². The molecule has 0 radical (unpaired) electrons. The Kier molecular flexibility index (Phi) is 9.36. The average Bonchev–Trinajstić information content (AvgIpc) is 2.53. The van der Waals surface area contributed by atoms with Crippen LogP contribution >= 0.6 is 0 Å². The maximum absolute atomic E-state index is 5.47. The standard InChI is InChI=1S/C14H27N3O3Si/c1-8-12(5)15-18-21(11-4,19-16-13(6)9-2)20-17-14(7)10-3/h11H,4,8-10H2,1-3,5-7H3/b15-12+,16-13+,17-14+. The van der Waals surface area contributed by atoms with Crippen molar-refractivity contribution in [2.75, 3.05) is 0 Å². The van der Waals surface area contributed by atoms with Gasteiger partial charge in [0.25, 0.3) is 0 Å². The van der Waals surface area contributed by atoms with E-state index in [1.54, 1.807) is 0 Å². The molecule has 0 aliphatic rings. The second-order valence-corrected chi connectivity index (χ2v) is 6.78. The van der Waals surface area contributed by atoms with Gasteiger partial charge in [-0.2, -0.15) is 0 Å². The van der Waals surface area contributed by atoms with Crippen molar-refractivity contribution in [1.29, 1.82) is 0 Å². The van der Waals surface area contributed by atoms with Crippen LogP contribution < -0.4 is 0 Å². The summed E-state index contributed by atoms with van der Waals surface area (Å²) in [7, 11) is -3.31. The molecule has 21 heavy (non-hydrogen) atoms. The van der Waals surface area contributed by atoms with Crippen molar-refractivity contribution < 1.29 is 13.6 Å². The summed E-state index contributed by atoms with van der Waals surface area (Å²) in [5.74, 6) is 0. The SMILES string of the molecule is C=C[Si](O/N=C(\C)CC)(O/N=C(\C)CC)O/N=C(\C)CC. The normalized spacial score (nSPS) is 13.9. The molecule has 0 aromatic rings. The van der Waals surface area contributed by atoms with Crippen molar-refractivity contribution in [1.82, 2.24) is 0 Å². The van der Waals surface area contributed by atoms with Gasteiger partial charge in [0.15, 0.2) is 0 Å². The molecule has 0 N–H and O–H groups in total. The molecular weight excluding hydrogens is 286 g/mol. The van der Waals surface area contributed by atoms with Gasteiger partial charge in [0.1, 0.15) is 0 Å². The van der Waals surface area contributed by atoms with Gasteiger partial charge in [-0.05, 0) is 40.0 Å². The van der Waals surface area contributed by atoms with Gasteiger partial charge in [0, 0.05) is 5.70 Å². The molecule has 120 valence electrons. The Morgan fingerprint density at radius 2 is 1.10 bits per heavy atom. The lowest BCUT2D eigenvalue weighted by molar-refractivity contribution is 0.0785. The van der Waals surface area contributed by atoms with Gasteiger partial charge in [0.2, 0.25) is 0 Å². The Hall–Kier alpha value is -1.63. The molecule has 0 aromatic heterocycles. The van der Waals surface area contributed by atoms with Crippen LogP contribution in [0.15, 0.2) is 27.7 Å². The molecule has 0 saturated heterocycles. The zero-order valence-electron chi connectivity index (χ0n) is 14.0. The van der Waals surface area contributed by atoms with Gasteiger partial charge < -0.3 is 13.6 Å². The summed E-state index contributed by atoms with van der Waals surface area (Å²) in [6.45, 7) is 15.3. The first-order valence-electron chi connectivity index (χ1n) is 7.21. The van der Waals surface area contributed by atoms with Crippen molar-refractivity contribution in [2.45, 2.75) is 60.8 Å². The van der Waals surface area contributed by atoms with Crippen LogP contribution in [-0.4, -0.2) is 25.9 Å². The maximum atomic E-state index is 5.47. The predicted molar refractivity (Wildman–Crippen MR) is 89.4 cm³/mol. The highest BCUT2D eigenvalue weighted by Crippen LogP contribution is 2.14. The van der Waals surface area contributed by atoms with E-state index in [-0.39, 0.29) is 0 Å². The Morgan fingerprint density at radius 3 is 1.29 bits per heavy atom. The summed E-state index contributed by atoms with van der Waals surface area (Å²) >= 11 is 0. The molecule has 0 rings (SSSR count). The molecule has 0 unspecified atom stereocenters. The summed E-state index contributed by atoms with van der Waals surface area (Å²) in [4.78, 5) is 0. The van der Waals surface area contributed by atoms with Crippen LogP contribution in [0, 0.1) is 0 Å². The second-order valence-electron chi connectivity index (χ2n) is 4.62. The molecule has 0 atom stereocenters. The smallest absolute Gasteiger partial charge is 0.370 e. The second kappa shape index (κ2) is 10.1. The maximum Gasteiger partial charge on any atom is 0.791 e. The van der Waals surface area contributed by atoms with Crippen LogP contribution in [0.25, 0.3) is 0 Å². The minimum Gasteiger partial charge on any atom is -0.370 e. The summed E-state index contributed by atoms with van der Waals surface area (Å²) in [5, 5.41) is 12.0. The third-order valence-corrected chi connectivity index (χ3v) is 4.31. The van der Waals surface area contributed by atoms with E-state index in [2.05, 4.69) is 22.0 Å². The van der Waals surface area contributed by atoms with Crippen molar-refractivity contribution >= 4 is 25.9 Å². The first-order chi connectivity index (χ1) is 9.92. The fourth-order valence-corrected chi connectivity index (χ4v) is 1.95. The topological polar surface area (TPSA) is 64.8 Å². The van der Waals surface area contributed by atoms with Gasteiger partial charge in [-0.15, -0.1) is 15.5 Å². The average molecular weight is 313 g/mol. The molecule has 6 nitrogen and oxygen atoms in total. The fourth-order valence-electron chi connectivity index (χ4n) is 0.780. The van der Waals surface area contributed by atoms with Gasteiger partial charge in [-0.1, -0.05) is 27.4 Å². The summed E-state index contributed by atoms with van der Waals surface area (Å²) in [5.41, 5.74) is 3.95. The van der Waals surface area contributed by atoms with Crippen LogP contribution in [0.5, 0.6) is 0 Å². The minimum atomic E-state index is -3.31. The lowest BCUT2D eigenvalue weighted by atomic mass is 10.3. The Morgan fingerprint density at radius 1 is 0.810 bits per heavy atom. The van der Waals surface area contributed by atoms with Crippen LogP contribution in [0.4, 0.5) is 0 Å². The third kappa shape index (κ3) is 7.65. The Bertz CT molecular complexity index is 365. The van der Waals surface area contributed by atoms with E-state index in [4.69, 9.17) is 13.6 Å². The zero-order valence-corrected chi connectivity index (χ0v) is 15.0. The fraction of sp³-hybridized carbons (Fsp3) is 0.643. The lowest BCUT2D eigenvalue weighted by Crippen LogP contribution is -2.40. The molecule has 0 bridgehead atoms. The van der Waals surface area contributed by atoms with Crippen LogP contribution in [-0.2, 0) is 13.6 Å². The molecule has 0 aliphatic heterocycles. The van der Waals surface area contributed by atoms with Crippen molar-refractivity contribution in [3.05, 3.63) is 12.3 Å². The largest absolute Gasteiger partial charge is 0.791 e. The third-order valence-electron chi connectivity index (χ3n) is 2.77. The van der Waals surface area contributed by atoms with E-state index >= 15 is 0 Å². The molecule has 0 amide bonds. The summed E-state index contributed by atoms with van der Waals surface area (Å²) in [6, 6.07) is 0. The minimum absolute atomic E-state index is 0.774. The van der Waals surface area contributed by atoms with E-state index in [9.17, 15) is 0 Å². The van der Waals surface area contributed by atoms with E-state index in [1.165, 1.54) is 5.70 Å². The molecular formula is C14H27N3O3Si. The first kappa shape index (κ1) is 19.4. The molecule has 0 spiro atoms. The first-order valence-corrected chi connectivity index (χ1v) is 9.01. The van der Waals surface area contributed by atoms with E-state index in [0.717, 1.165) is 36.4 Å². The highest BCUT2D eigenvalue weighted by Gasteiger charge is 2.48. The molecule has 0 heterocycles. The van der Waals surface area contributed by atoms with E-state index in [0.29, 0.717) is 0 Å². The number of hydrogen-bond donors (Lipinski definition) is 0. The summed E-state index contributed by atoms with van der Waals surface area (Å²) in [6.07, 6.45) is 2.32. The molecule has 0 saturated carbocycles. The number of oxime groups is 3. The predicted octanol–water partition coefficient (Wildman–Crippen LogP) is 4.06. The van der Waals surface area contributed by atoms with E-state index < -0.39 is 8.80 Å². The van der Waals surface area contributed by atoms with E-state index in [1.807, 2.05) is 41.5 Å². The highest BCUT2D eigenvalue weighted by molar-refractivity contribution is 6.66. The summed E-state index contributed by atoms with van der Waals surface area (Å²) < 4.78 is 16.4. The van der Waals surface area contributed by atoms with Crippen molar-refractivity contribution in [3.63, 3.8) is 0 Å². The van der Waals surface area contributed by atoms with Gasteiger partial charge in [0.05, 0.1) is 17.1 Å². The number of rotatable bonds is 10. The van der Waals surface area contributed by atoms with Crippen molar-refractivity contribution in [2.24, 2.45) is 15.5 Å². The zero-order chi connectivity index (χ0) is 16.3. The van der Waals surface area contributed by atoms with Crippen molar-refractivity contribution in [3.8, 4) is 0 Å². The molecule has 0 aliphatic carbocycles. The van der Waals surface area contributed by atoms with Gasteiger partial charge in [-0.25, -0.2) is 0 Å². The molecule has 0 aromatic carbocycles. The van der Waals surface area contributed by atoms with Crippen LogP contribution in [0.1, 0.15) is 60.8 Å². The lowest BCUT2D eigenvalue weighted by Gasteiger charge is -2.19. The quantitative estimate of drug-likeness (QED) is 0.347. The number of nitrogens with zero attached hydrogens (tertiary/aromatic N) is 3. The van der Waals surface area contributed by atoms with Crippen LogP contribution in [0.2, 0.25) is 0 Å². The number of hydrogen-bond acceptors (Lipinski definition) is 6. The highest BCUT2D eigenvalue weighted by atomic mass is 28.4. The van der Waals surface area contributed by atoms with Gasteiger partial charge in [-0.3, -0.25) is 0 Å².